The molecule has 2 aliphatic rings. The van der Waals surface area contributed by atoms with Crippen molar-refractivity contribution in [2.24, 2.45) is 5.41 Å². The summed E-state index contributed by atoms with van der Waals surface area (Å²) < 4.78 is 0. The number of carbonyl (C=O) groups is 2. The second-order valence-electron chi connectivity index (χ2n) is 6.12. The minimum atomic E-state index is -0.780. The predicted octanol–water partition coefficient (Wildman–Crippen LogP) is 1.07. The second kappa shape index (κ2) is 6.92. The first-order valence-corrected chi connectivity index (χ1v) is 7.57. The lowest BCUT2D eigenvalue weighted by Crippen LogP contribution is -2.46. The van der Waals surface area contributed by atoms with E-state index in [1.165, 1.54) is 12.8 Å². The van der Waals surface area contributed by atoms with Crippen LogP contribution in [-0.2, 0) is 4.79 Å². The zero-order valence-corrected chi connectivity index (χ0v) is 11.9. The van der Waals surface area contributed by atoms with E-state index in [1.54, 1.807) is 0 Å². The maximum absolute atomic E-state index is 11.6. The molecule has 0 radical (unpaired) electrons. The maximum atomic E-state index is 11.6. The third-order valence-corrected chi connectivity index (χ3v) is 4.21. The molecule has 0 heterocycles. The van der Waals surface area contributed by atoms with Crippen LogP contribution in [0.4, 0.5) is 4.79 Å². The van der Waals surface area contributed by atoms with Crippen molar-refractivity contribution in [1.29, 1.82) is 0 Å². The van der Waals surface area contributed by atoms with Gasteiger partial charge in [0, 0.05) is 19.1 Å². The summed E-state index contributed by atoms with van der Waals surface area (Å²) in [5, 5.41) is 17.9. The van der Waals surface area contributed by atoms with E-state index < -0.39 is 5.97 Å². The van der Waals surface area contributed by atoms with Gasteiger partial charge in [0.2, 0.25) is 0 Å². The fourth-order valence-electron chi connectivity index (χ4n) is 2.63. The van der Waals surface area contributed by atoms with Crippen molar-refractivity contribution in [3.05, 3.63) is 0 Å². The summed E-state index contributed by atoms with van der Waals surface area (Å²) in [4.78, 5) is 22.5. The molecular formula is C14H25N3O3. The number of carboxylic acids is 1. The van der Waals surface area contributed by atoms with Gasteiger partial charge in [-0.15, -0.1) is 0 Å². The van der Waals surface area contributed by atoms with Crippen molar-refractivity contribution >= 4 is 12.0 Å². The Balaban J connectivity index is 1.53. The highest BCUT2D eigenvalue weighted by atomic mass is 16.4. The Bertz CT molecular complexity index is 352. The quantitative estimate of drug-likeness (QED) is 0.476. The van der Waals surface area contributed by atoms with Gasteiger partial charge >= 0.3 is 12.0 Å². The SMILES string of the molecule is O=C(O)CC1(CNC(=O)NCCCNC2CC2)CCC1. The molecule has 114 valence electrons. The van der Waals surface area contributed by atoms with E-state index in [2.05, 4.69) is 16.0 Å². The zero-order chi connectivity index (χ0) is 14.4. The Hall–Kier alpha value is -1.30. The number of hydrogen-bond donors (Lipinski definition) is 4. The van der Waals surface area contributed by atoms with Gasteiger partial charge in [-0.25, -0.2) is 4.79 Å². The number of nitrogens with one attached hydrogen (secondary N) is 3. The van der Waals surface area contributed by atoms with E-state index in [1.807, 2.05) is 0 Å². The monoisotopic (exact) mass is 283 g/mol. The first-order chi connectivity index (χ1) is 9.60. The average Bonchev–Trinajstić information content (AvgIpc) is 3.15. The number of amides is 2. The molecule has 0 atom stereocenters. The summed E-state index contributed by atoms with van der Waals surface area (Å²) >= 11 is 0. The van der Waals surface area contributed by atoms with E-state index >= 15 is 0 Å². The molecule has 4 N–H and O–H groups in total. The third kappa shape index (κ3) is 5.00. The molecule has 2 rings (SSSR count). The fraction of sp³-hybridized carbons (Fsp3) is 0.857. The fourth-order valence-corrected chi connectivity index (χ4v) is 2.63. The molecule has 0 bridgehead atoms. The van der Waals surface area contributed by atoms with Gasteiger partial charge in [0.1, 0.15) is 0 Å². The molecular weight excluding hydrogens is 258 g/mol. The van der Waals surface area contributed by atoms with Gasteiger partial charge in [0.05, 0.1) is 6.42 Å². The first kappa shape index (κ1) is 15.1. The Morgan fingerprint density at radius 3 is 2.45 bits per heavy atom. The van der Waals surface area contributed by atoms with Gasteiger partial charge in [0.25, 0.3) is 0 Å². The van der Waals surface area contributed by atoms with Crippen LogP contribution in [0.5, 0.6) is 0 Å². The minimum absolute atomic E-state index is 0.151. The summed E-state index contributed by atoms with van der Waals surface area (Å²) in [6.45, 7) is 2.05. The van der Waals surface area contributed by atoms with Crippen LogP contribution >= 0.6 is 0 Å². The van der Waals surface area contributed by atoms with Crippen LogP contribution in [0, 0.1) is 5.41 Å². The molecule has 0 aromatic heterocycles. The van der Waals surface area contributed by atoms with E-state index in [-0.39, 0.29) is 17.9 Å². The van der Waals surface area contributed by atoms with Gasteiger partial charge in [-0.05, 0) is 44.1 Å². The first-order valence-electron chi connectivity index (χ1n) is 7.57. The summed E-state index contributed by atoms with van der Waals surface area (Å²) in [6, 6.07) is 0.520. The number of aliphatic carboxylic acids is 1. The number of urea groups is 1. The number of hydrogen-bond acceptors (Lipinski definition) is 3. The summed E-state index contributed by atoms with van der Waals surface area (Å²) in [5.41, 5.74) is -0.212. The maximum Gasteiger partial charge on any atom is 0.314 e. The zero-order valence-electron chi connectivity index (χ0n) is 11.9. The van der Waals surface area contributed by atoms with Gasteiger partial charge in [-0.2, -0.15) is 0 Å². The van der Waals surface area contributed by atoms with Crippen LogP contribution in [0.1, 0.15) is 44.9 Å². The highest BCUT2D eigenvalue weighted by Gasteiger charge is 2.39. The topological polar surface area (TPSA) is 90.5 Å². The van der Waals surface area contributed by atoms with Crippen molar-refractivity contribution in [2.45, 2.75) is 51.0 Å². The van der Waals surface area contributed by atoms with Crippen LogP contribution in [0.15, 0.2) is 0 Å². The molecule has 6 heteroatoms. The van der Waals surface area contributed by atoms with Gasteiger partial charge < -0.3 is 21.1 Å². The number of carboxylic acid groups (broad SMARTS) is 1. The molecule has 0 spiro atoms. The Kier molecular flexibility index (Phi) is 5.23. The highest BCUT2D eigenvalue weighted by Crippen LogP contribution is 2.43. The molecule has 2 aliphatic carbocycles. The summed E-state index contributed by atoms with van der Waals surface area (Å²) in [7, 11) is 0. The van der Waals surface area contributed by atoms with Gasteiger partial charge in [0.15, 0.2) is 0 Å². The smallest absolute Gasteiger partial charge is 0.314 e. The van der Waals surface area contributed by atoms with Crippen molar-refractivity contribution in [1.82, 2.24) is 16.0 Å². The lowest BCUT2D eigenvalue weighted by Gasteiger charge is -2.40. The highest BCUT2D eigenvalue weighted by molar-refractivity contribution is 5.74. The van der Waals surface area contributed by atoms with Crippen LogP contribution in [-0.4, -0.2) is 42.8 Å². The van der Waals surface area contributed by atoms with E-state index in [9.17, 15) is 9.59 Å². The molecule has 20 heavy (non-hydrogen) atoms. The van der Waals surface area contributed by atoms with E-state index in [0.29, 0.717) is 19.1 Å². The van der Waals surface area contributed by atoms with E-state index in [0.717, 1.165) is 32.2 Å². The van der Waals surface area contributed by atoms with Crippen LogP contribution < -0.4 is 16.0 Å². The summed E-state index contributed by atoms with van der Waals surface area (Å²) in [5.74, 6) is -0.780. The van der Waals surface area contributed by atoms with Crippen LogP contribution in [0.3, 0.4) is 0 Å². The van der Waals surface area contributed by atoms with Crippen LogP contribution in [0.2, 0.25) is 0 Å². The lowest BCUT2D eigenvalue weighted by atomic mass is 9.66. The van der Waals surface area contributed by atoms with Gasteiger partial charge in [-0.1, -0.05) is 6.42 Å². The third-order valence-electron chi connectivity index (χ3n) is 4.21. The van der Waals surface area contributed by atoms with E-state index in [4.69, 9.17) is 5.11 Å². The van der Waals surface area contributed by atoms with Crippen molar-refractivity contribution in [3.63, 3.8) is 0 Å². The molecule has 0 aromatic carbocycles. The molecule has 2 saturated carbocycles. The summed E-state index contributed by atoms with van der Waals surface area (Å²) in [6.07, 6.45) is 6.47. The Morgan fingerprint density at radius 2 is 1.90 bits per heavy atom. The minimum Gasteiger partial charge on any atom is -0.481 e. The molecule has 0 aromatic rings. The Morgan fingerprint density at radius 1 is 1.15 bits per heavy atom. The van der Waals surface area contributed by atoms with Gasteiger partial charge in [-0.3, -0.25) is 4.79 Å². The molecule has 2 amide bonds. The lowest BCUT2D eigenvalue weighted by molar-refractivity contribution is -0.141. The standard InChI is InChI=1S/C14H25N3O3/c18-12(19)9-14(5-1-6-14)10-17-13(20)16-8-2-7-15-11-3-4-11/h11,15H,1-10H2,(H,18,19)(H2,16,17,20). The molecule has 6 nitrogen and oxygen atoms in total. The average molecular weight is 283 g/mol. The molecule has 0 unspecified atom stereocenters. The molecule has 2 fully saturated rings. The number of carbonyl (C=O) groups excluding carboxylic acids is 1. The molecule has 0 saturated heterocycles. The molecule has 0 aliphatic heterocycles. The number of rotatable bonds is 9. The van der Waals surface area contributed by atoms with Crippen molar-refractivity contribution < 1.29 is 14.7 Å². The predicted molar refractivity (Wildman–Crippen MR) is 75.6 cm³/mol. The second-order valence-corrected chi connectivity index (χ2v) is 6.12. The normalized spacial score (nSPS) is 20.0. The van der Waals surface area contributed by atoms with Crippen molar-refractivity contribution in [3.8, 4) is 0 Å². The largest absolute Gasteiger partial charge is 0.481 e. The Labute approximate surface area is 119 Å². The van der Waals surface area contributed by atoms with Crippen molar-refractivity contribution in [2.75, 3.05) is 19.6 Å². The van der Waals surface area contributed by atoms with Crippen LogP contribution in [0.25, 0.3) is 0 Å².